The number of aliphatic hydroxyl groups excluding tert-OH is 1. The first kappa shape index (κ1) is 15.5. The molecule has 5 nitrogen and oxygen atoms in total. The van der Waals surface area contributed by atoms with Gasteiger partial charge in [-0.05, 0) is 24.8 Å². The average Bonchev–Trinajstić information content (AvgIpc) is 2.85. The SMILES string of the molecule is C[C@@H](CCCO)C(=O)N1C(=O)OC[C@H]1Cc1ccccc1. The van der Waals surface area contributed by atoms with Crippen molar-refractivity contribution in [3.05, 3.63) is 35.9 Å². The van der Waals surface area contributed by atoms with Crippen molar-refractivity contribution in [2.75, 3.05) is 13.2 Å². The number of hydrogen-bond acceptors (Lipinski definition) is 4. The molecule has 1 aromatic carbocycles. The first-order chi connectivity index (χ1) is 10.1. The molecule has 1 N–H and O–H groups in total. The zero-order chi connectivity index (χ0) is 15.2. The van der Waals surface area contributed by atoms with Crippen LogP contribution < -0.4 is 0 Å². The molecule has 1 saturated heterocycles. The maximum atomic E-state index is 12.4. The number of imide groups is 1. The minimum atomic E-state index is -0.559. The monoisotopic (exact) mass is 291 g/mol. The van der Waals surface area contributed by atoms with Gasteiger partial charge in [0, 0.05) is 12.5 Å². The minimum Gasteiger partial charge on any atom is -0.447 e. The fourth-order valence-corrected chi connectivity index (χ4v) is 2.53. The maximum Gasteiger partial charge on any atom is 0.416 e. The van der Waals surface area contributed by atoms with E-state index in [1.54, 1.807) is 6.92 Å². The van der Waals surface area contributed by atoms with Gasteiger partial charge >= 0.3 is 6.09 Å². The summed E-state index contributed by atoms with van der Waals surface area (Å²) in [6.07, 6.45) is 1.17. The normalized spacial score (nSPS) is 19.4. The summed E-state index contributed by atoms with van der Waals surface area (Å²) >= 11 is 0. The Kier molecular flexibility index (Phi) is 5.33. The average molecular weight is 291 g/mol. The van der Waals surface area contributed by atoms with E-state index in [0.29, 0.717) is 19.3 Å². The van der Waals surface area contributed by atoms with Gasteiger partial charge in [0.1, 0.15) is 6.61 Å². The molecule has 1 aromatic rings. The summed E-state index contributed by atoms with van der Waals surface area (Å²) in [6.45, 7) is 2.07. The van der Waals surface area contributed by atoms with E-state index in [1.807, 2.05) is 30.3 Å². The first-order valence-corrected chi connectivity index (χ1v) is 7.28. The number of aliphatic hydroxyl groups is 1. The zero-order valence-electron chi connectivity index (χ0n) is 12.2. The molecule has 0 bridgehead atoms. The number of benzene rings is 1. The molecule has 2 rings (SSSR count). The van der Waals surface area contributed by atoms with Crippen LogP contribution in [0.2, 0.25) is 0 Å². The molecule has 5 heteroatoms. The summed E-state index contributed by atoms with van der Waals surface area (Å²) in [5, 5.41) is 8.84. The van der Waals surface area contributed by atoms with Crippen molar-refractivity contribution in [2.24, 2.45) is 5.92 Å². The second-order valence-electron chi connectivity index (χ2n) is 5.40. The molecule has 0 unspecified atom stereocenters. The molecule has 21 heavy (non-hydrogen) atoms. The molecule has 2 atom stereocenters. The van der Waals surface area contributed by atoms with Crippen LogP contribution in [-0.4, -0.2) is 41.3 Å². The van der Waals surface area contributed by atoms with Crippen LogP contribution in [0.1, 0.15) is 25.3 Å². The molecule has 1 aliphatic heterocycles. The maximum absolute atomic E-state index is 12.4. The van der Waals surface area contributed by atoms with E-state index in [4.69, 9.17) is 9.84 Å². The highest BCUT2D eigenvalue weighted by Gasteiger charge is 2.39. The molecule has 2 amide bonds. The molecular weight excluding hydrogens is 270 g/mol. The van der Waals surface area contributed by atoms with Crippen LogP contribution in [0.25, 0.3) is 0 Å². The van der Waals surface area contributed by atoms with Gasteiger partial charge in [-0.3, -0.25) is 4.79 Å². The van der Waals surface area contributed by atoms with Crippen molar-refractivity contribution < 1.29 is 19.4 Å². The topological polar surface area (TPSA) is 66.8 Å². The lowest BCUT2D eigenvalue weighted by atomic mass is 10.0. The molecule has 0 radical (unpaired) electrons. The third-order valence-corrected chi connectivity index (χ3v) is 3.73. The number of carbonyl (C=O) groups is 2. The van der Waals surface area contributed by atoms with Gasteiger partial charge in [-0.15, -0.1) is 0 Å². The molecule has 0 aromatic heterocycles. The van der Waals surface area contributed by atoms with E-state index < -0.39 is 6.09 Å². The number of carbonyl (C=O) groups excluding carboxylic acids is 2. The van der Waals surface area contributed by atoms with Gasteiger partial charge in [0.05, 0.1) is 6.04 Å². The van der Waals surface area contributed by atoms with Crippen molar-refractivity contribution in [3.63, 3.8) is 0 Å². The number of nitrogens with zero attached hydrogens (tertiary/aromatic N) is 1. The minimum absolute atomic E-state index is 0.0511. The van der Waals surface area contributed by atoms with E-state index in [-0.39, 0.29) is 31.1 Å². The highest BCUT2D eigenvalue weighted by atomic mass is 16.6. The fraction of sp³-hybridized carbons (Fsp3) is 0.500. The third kappa shape index (κ3) is 3.82. The smallest absolute Gasteiger partial charge is 0.416 e. The lowest BCUT2D eigenvalue weighted by molar-refractivity contribution is -0.133. The van der Waals surface area contributed by atoms with Crippen LogP contribution >= 0.6 is 0 Å². The van der Waals surface area contributed by atoms with Crippen molar-refractivity contribution in [1.82, 2.24) is 4.90 Å². The highest BCUT2D eigenvalue weighted by molar-refractivity contribution is 5.94. The molecule has 0 spiro atoms. The van der Waals surface area contributed by atoms with E-state index >= 15 is 0 Å². The number of cyclic esters (lactones) is 1. The van der Waals surface area contributed by atoms with Crippen molar-refractivity contribution in [1.29, 1.82) is 0 Å². The van der Waals surface area contributed by atoms with Crippen LogP contribution in [0.3, 0.4) is 0 Å². The Balaban J connectivity index is 2.04. The van der Waals surface area contributed by atoms with Gasteiger partial charge in [-0.2, -0.15) is 0 Å². The molecule has 0 saturated carbocycles. The van der Waals surface area contributed by atoms with Gasteiger partial charge in [0.2, 0.25) is 5.91 Å². The van der Waals surface area contributed by atoms with Crippen LogP contribution in [0.5, 0.6) is 0 Å². The number of hydrogen-bond donors (Lipinski definition) is 1. The van der Waals surface area contributed by atoms with Crippen LogP contribution in [0.15, 0.2) is 30.3 Å². The summed E-state index contributed by atoms with van der Waals surface area (Å²) in [7, 11) is 0. The molecule has 1 aliphatic rings. The predicted octanol–water partition coefficient (Wildman–Crippen LogP) is 1.99. The van der Waals surface area contributed by atoms with Gasteiger partial charge < -0.3 is 9.84 Å². The summed E-state index contributed by atoms with van der Waals surface area (Å²) in [4.78, 5) is 25.5. The van der Waals surface area contributed by atoms with E-state index in [2.05, 4.69) is 0 Å². The first-order valence-electron chi connectivity index (χ1n) is 7.28. The largest absolute Gasteiger partial charge is 0.447 e. The van der Waals surface area contributed by atoms with Crippen molar-refractivity contribution >= 4 is 12.0 Å². The van der Waals surface area contributed by atoms with Gasteiger partial charge in [-0.25, -0.2) is 9.69 Å². The lowest BCUT2D eigenvalue weighted by Gasteiger charge is -2.22. The lowest BCUT2D eigenvalue weighted by Crippen LogP contribution is -2.43. The molecular formula is C16H21NO4. The third-order valence-electron chi connectivity index (χ3n) is 3.73. The van der Waals surface area contributed by atoms with E-state index in [1.165, 1.54) is 4.90 Å². The van der Waals surface area contributed by atoms with Crippen LogP contribution in [-0.2, 0) is 16.0 Å². The number of rotatable bonds is 6. The number of ether oxygens (including phenoxy) is 1. The Labute approximate surface area is 124 Å². The van der Waals surface area contributed by atoms with Gasteiger partial charge in [0.25, 0.3) is 0 Å². The van der Waals surface area contributed by atoms with Crippen LogP contribution in [0.4, 0.5) is 4.79 Å². The molecule has 1 heterocycles. The van der Waals surface area contributed by atoms with Crippen molar-refractivity contribution in [2.45, 2.75) is 32.2 Å². The standard InChI is InChI=1S/C16H21NO4/c1-12(6-5-9-18)15(19)17-14(11-21-16(17)20)10-13-7-3-2-4-8-13/h2-4,7-8,12,14,18H,5-6,9-11H2,1H3/t12-,14+/m0/s1. The Hall–Kier alpha value is -1.88. The fourth-order valence-electron chi connectivity index (χ4n) is 2.53. The quantitative estimate of drug-likeness (QED) is 0.870. The summed E-state index contributed by atoms with van der Waals surface area (Å²) in [6, 6.07) is 9.50. The van der Waals surface area contributed by atoms with E-state index in [9.17, 15) is 9.59 Å². The van der Waals surface area contributed by atoms with E-state index in [0.717, 1.165) is 5.56 Å². The Morgan fingerprint density at radius 3 is 2.81 bits per heavy atom. The highest BCUT2D eigenvalue weighted by Crippen LogP contribution is 2.21. The Bertz CT molecular complexity index is 488. The number of amides is 2. The second kappa shape index (κ2) is 7.22. The van der Waals surface area contributed by atoms with Crippen LogP contribution in [0, 0.1) is 5.92 Å². The summed E-state index contributed by atoms with van der Waals surface area (Å²) in [5.41, 5.74) is 1.07. The van der Waals surface area contributed by atoms with Crippen molar-refractivity contribution in [3.8, 4) is 0 Å². The Morgan fingerprint density at radius 2 is 2.14 bits per heavy atom. The molecule has 0 aliphatic carbocycles. The summed E-state index contributed by atoms with van der Waals surface area (Å²) < 4.78 is 5.04. The van der Waals surface area contributed by atoms with Gasteiger partial charge in [-0.1, -0.05) is 37.3 Å². The predicted molar refractivity (Wildman–Crippen MR) is 77.6 cm³/mol. The second-order valence-corrected chi connectivity index (χ2v) is 5.40. The van der Waals surface area contributed by atoms with Gasteiger partial charge in [0.15, 0.2) is 0 Å². The molecule has 1 fully saturated rings. The zero-order valence-corrected chi connectivity index (χ0v) is 12.2. The molecule has 114 valence electrons. The summed E-state index contributed by atoms with van der Waals surface area (Å²) in [5.74, 6) is -0.507. The Morgan fingerprint density at radius 1 is 1.43 bits per heavy atom.